The quantitative estimate of drug-likeness (QED) is 0.353. The van der Waals surface area contributed by atoms with E-state index >= 15 is 0 Å². The molecule has 1 aliphatic carbocycles. The van der Waals surface area contributed by atoms with Crippen LogP contribution in [0.1, 0.15) is 44.1 Å². The third kappa shape index (κ3) is 4.05. The number of hydrogen-bond donors (Lipinski definition) is 0. The van der Waals surface area contributed by atoms with Gasteiger partial charge in [0.05, 0.1) is 13.0 Å². The van der Waals surface area contributed by atoms with E-state index in [0.29, 0.717) is 30.1 Å². The number of ether oxygens (including phenoxy) is 1. The van der Waals surface area contributed by atoms with Crippen molar-refractivity contribution in [1.82, 2.24) is 0 Å². The molecule has 152 valence electrons. The summed E-state index contributed by atoms with van der Waals surface area (Å²) in [6.07, 6.45) is 2.12. The van der Waals surface area contributed by atoms with Gasteiger partial charge in [-0.3, -0.25) is 0 Å². The van der Waals surface area contributed by atoms with Crippen LogP contribution in [0.25, 0.3) is 21.9 Å². The molecule has 0 bridgehead atoms. The Kier molecular flexibility index (Phi) is 5.09. The lowest BCUT2D eigenvalue weighted by Gasteiger charge is -2.29. The minimum Gasteiger partial charge on any atom is -0.489 e. The number of nitriles is 1. The van der Waals surface area contributed by atoms with Crippen LogP contribution >= 0.6 is 0 Å². The first kappa shape index (κ1) is 18.2. The largest absolute Gasteiger partial charge is 0.489 e. The van der Waals surface area contributed by atoms with Crippen molar-refractivity contribution in [3.05, 3.63) is 102 Å². The van der Waals surface area contributed by atoms with Crippen molar-refractivity contribution in [2.75, 3.05) is 0 Å². The first-order valence-corrected chi connectivity index (χ1v) is 10.9. The molecule has 31 heavy (non-hydrogen) atoms. The van der Waals surface area contributed by atoms with Crippen molar-refractivity contribution in [3.63, 3.8) is 0 Å². The number of rotatable bonds is 4. The Morgan fingerprint density at radius 3 is 2.35 bits per heavy atom. The first-order chi connectivity index (χ1) is 15.6. The zero-order valence-electron chi connectivity index (χ0n) is 18.4. The minimum atomic E-state index is -1.01. The lowest BCUT2D eigenvalue weighted by molar-refractivity contribution is 0.146. The van der Waals surface area contributed by atoms with Crippen LogP contribution < -0.4 is 4.74 Å². The molecule has 1 aliphatic rings. The summed E-state index contributed by atoms with van der Waals surface area (Å²) in [6.45, 7) is 0. The third-order valence-corrected chi connectivity index (χ3v) is 6.27. The fraction of sp³-hybridized carbons (Fsp3) is 0.207. The number of benzene rings is 4. The Balaban J connectivity index is 1.42. The smallest absolute Gasteiger partial charge is 0.138 e. The molecular weight excluding hydrogens is 378 g/mol. The van der Waals surface area contributed by atoms with Crippen LogP contribution in [0, 0.1) is 11.3 Å². The highest BCUT2D eigenvalue weighted by molar-refractivity contribution is 5.96. The molecule has 2 heteroatoms. The molecule has 0 atom stereocenters. The van der Waals surface area contributed by atoms with Crippen molar-refractivity contribution in [3.8, 4) is 22.9 Å². The maximum Gasteiger partial charge on any atom is 0.138 e. The van der Waals surface area contributed by atoms with E-state index in [1.54, 1.807) is 0 Å². The van der Waals surface area contributed by atoms with Gasteiger partial charge < -0.3 is 4.74 Å². The van der Waals surface area contributed by atoms with Crippen LogP contribution in [-0.2, 0) is 0 Å². The molecule has 0 saturated heterocycles. The highest BCUT2D eigenvalue weighted by atomic mass is 16.5. The standard InChI is InChI=1S/C29H25NO/c30-20-25-14-13-24(28-12-6-10-23-9-4-5-11-27(23)28)19-29(25)31-26-17-15-22(16-18-26)21-7-2-1-3-8-21/h1-14,19,22,26H,15-18H2/i26D. The minimum absolute atomic E-state index is 0.468. The highest BCUT2D eigenvalue weighted by Crippen LogP contribution is 2.37. The van der Waals surface area contributed by atoms with Crippen molar-refractivity contribution in [1.29, 1.82) is 5.26 Å². The summed E-state index contributed by atoms with van der Waals surface area (Å²) in [6, 6.07) is 33.0. The summed E-state index contributed by atoms with van der Waals surface area (Å²) < 4.78 is 15.2. The Bertz CT molecular complexity index is 1280. The molecule has 1 fully saturated rings. The predicted molar refractivity (Wildman–Crippen MR) is 126 cm³/mol. The molecule has 1 saturated carbocycles. The Morgan fingerprint density at radius 2 is 1.55 bits per heavy atom. The van der Waals surface area contributed by atoms with Gasteiger partial charge in [-0.05, 0) is 71.2 Å². The van der Waals surface area contributed by atoms with Crippen molar-refractivity contribution >= 4 is 10.8 Å². The Hall–Kier alpha value is -3.57. The first-order valence-electron chi connectivity index (χ1n) is 11.4. The van der Waals surface area contributed by atoms with E-state index < -0.39 is 6.08 Å². The average molecular weight is 405 g/mol. The van der Waals surface area contributed by atoms with Crippen LogP contribution in [0.2, 0.25) is 0 Å². The van der Waals surface area contributed by atoms with Crippen LogP contribution in [0.15, 0.2) is 91.0 Å². The van der Waals surface area contributed by atoms with Crippen molar-refractivity contribution in [2.24, 2.45) is 0 Å². The molecule has 0 amide bonds. The zero-order chi connectivity index (χ0) is 22.0. The summed E-state index contributed by atoms with van der Waals surface area (Å²) in [4.78, 5) is 0. The average Bonchev–Trinajstić information content (AvgIpc) is 2.84. The fourth-order valence-electron chi connectivity index (χ4n) is 4.60. The van der Waals surface area contributed by atoms with Gasteiger partial charge in [0, 0.05) is 0 Å². The highest BCUT2D eigenvalue weighted by Gasteiger charge is 2.24. The van der Waals surface area contributed by atoms with Gasteiger partial charge in [0.15, 0.2) is 0 Å². The van der Waals surface area contributed by atoms with Gasteiger partial charge in [0.2, 0.25) is 0 Å². The van der Waals surface area contributed by atoms with Gasteiger partial charge in [-0.1, -0.05) is 78.9 Å². The van der Waals surface area contributed by atoms with E-state index in [-0.39, 0.29) is 0 Å². The second-order valence-electron chi connectivity index (χ2n) is 8.18. The van der Waals surface area contributed by atoms with Gasteiger partial charge in [-0.15, -0.1) is 0 Å². The lowest BCUT2D eigenvalue weighted by atomic mass is 9.83. The summed E-state index contributed by atoms with van der Waals surface area (Å²) in [5.74, 6) is 0.974. The molecule has 4 aromatic rings. The van der Waals surface area contributed by atoms with E-state index in [1.807, 2.05) is 42.5 Å². The van der Waals surface area contributed by atoms with Crippen LogP contribution in [-0.4, -0.2) is 6.08 Å². The SMILES string of the molecule is [2H]C1(Oc2cc(-c3cccc4ccccc34)ccc2C#N)CCC(c2ccccc2)CC1. The molecule has 2 nitrogen and oxygen atoms in total. The van der Waals surface area contributed by atoms with Crippen molar-refractivity contribution < 1.29 is 6.11 Å². The van der Waals surface area contributed by atoms with Gasteiger partial charge in [0.1, 0.15) is 11.8 Å². The molecule has 4 aromatic carbocycles. The van der Waals surface area contributed by atoms with E-state index in [9.17, 15) is 5.26 Å². The summed E-state index contributed by atoms with van der Waals surface area (Å²) in [7, 11) is 0. The molecule has 0 radical (unpaired) electrons. The Morgan fingerprint density at radius 1 is 0.806 bits per heavy atom. The van der Waals surface area contributed by atoms with Gasteiger partial charge in [-0.2, -0.15) is 5.26 Å². The maximum atomic E-state index is 9.66. The summed E-state index contributed by atoms with van der Waals surface area (Å²) in [5.41, 5.74) is 3.91. The fourth-order valence-corrected chi connectivity index (χ4v) is 4.60. The molecule has 0 aromatic heterocycles. The Labute approximate surface area is 185 Å². The van der Waals surface area contributed by atoms with Gasteiger partial charge in [0.25, 0.3) is 0 Å². The van der Waals surface area contributed by atoms with E-state index in [0.717, 1.165) is 29.4 Å². The predicted octanol–water partition coefficient (Wildman–Crippen LogP) is 7.48. The normalized spacial score (nSPS) is 21.3. The summed E-state index contributed by atoms with van der Waals surface area (Å²) in [5, 5.41) is 12.0. The van der Waals surface area contributed by atoms with Crippen LogP contribution in [0.4, 0.5) is 0 Å². The number of hydrogen-bond acceptors (Lipinski definition) is 2. The monoisotopic (exact) mass is 404 g/mol. The third-order valence-electron chi connectivity index (χ3n) is 6.27. The second-order valence-corrected chi connectivity index (χ2v) is 8.18. The molecule has 0 unspecified atom stereocenters. The summed E-state index contributed by atoms with van der Waals surface area (Å²) >= 11 is 0. The molecule has 0 spiro atoms. The molecule has 5 rings (SSSR count). The van der Waals surface area contributed by atoms with Crippen LogP contribution in [0.5, 0.6) is 5.75 Å². The van der Waals surface area contributed by atoms with Crippen LogP contribution in [0.3, 0.4) is 0 Å². The second kappa shape index (κ2) is 8.66. The van der Waals surface area contributed by atoms with Gasteiger partial charge >= 0.3 is 0 Å². The molecule has 0 heterocycles. The van der Waals surface area contributed by atoms with E-state index in [1.165, 1.54) is 10.9 Å². The zero-order valence-corrected chi connectivity index (χ0v) is 17.4. The lowest BCUT2D eigenvalue weighted by Crippen LogP contribution is -2.23. The van der Waals surface area contributed by atoms with Crippen molar-refractivity contribution in [2.45, 2.75) is 37.7 Å². The molecule has 0 aliphatic heterocycles. The molecular formula is C29H25NO. The maximum absolute atomic E-state index is 9.66. The van der Waals surface area contributed by atoms with E-state index in [2.05, 4.69) is 54.6 Å². The number of nitrogens with zero attached hydrogens (tertiary/aromatic N) is 1. The number of fused-ring (bicyclic) bond motifs is 1. The van der Waals surface area contributed by atoms with E-state index in [4.69, 9.17) is 6.11 Å². The van der Waals surface area contributed by atoms with Gasteiger partial charge in [-0.25, -0.2) is 0 Å². The molecule has 0 N–H and O–H groups in total. The topological polar surface area (TPSA) is 33.0 Å².